The minimum atomic E-state index is -4.38. The third-order valence-electron chi connectivity index (χ3n) is 11.3. The molecule has 10 atom stereocenters. The number of benzene rings is 5. The molecule has 5 aromatic rings. The molecule has 0 N–H and O–H groups in total. The first-order valence-corrected chi connectivity index (χ1v) is 23.8. The summed E-state index contributed by atoms with van der Waals surface area (Å²) in [4.78, 5) is 25.6. The van der Waals surface area contributed by atoms with E-state index >= 15 is 0 Å². The Labute approximate surface area is 397 Å². The van der Waals surface area contributed by atoms with Crippen LogP contribution in [0.3, 0.4) is 0 Å². The van der Waals surface area contributed by atoms with Crippen LogP contribution < -0.4 is 0 Å². The fourth-order valence-corrected chi connectivity index (χ4v) is 8.87. The van der Waals surface area contributed by atoms with Crippen LogP contribution >= 0.6 is 0 Å². The van der Waals surface area contributed by atoms with Crippen molar-refractivity contribution in [2.75, 3.05) is 20.3 Å². The highest BCUT2D eigenvalue weighted by molar-refractivity contribution is 7.86. The van der Waals surface area contributed by atoms with Gasteiger partial charge in [-0.1, -0.05) is 139 Å². The number of hydrogen-bond acceptors (Lipinski definition) is 15. The van der Waals surface area contributed by atoms with Crippen LogP contribution in [0.4, 0.5) is 0 Å². The van der Waals surface area contributed by atoms with Crippen molar-refractivity contribution in [2.24, 2.45) is 0 Å². The van der Waals surface area contributed by atoms with Gasteiger partial charge in [-0.15, -0.1) is 0 Å². The van der Waals surface area contributed by atoms with Crippen molar-refractivity contribution in [2.45, 2.75) is 114 Å². The van der Waals surface area contributed by atoms with Crippen LogP contribution in [-0.4, -0.2) is 102 Å². The second kappa shape index (κ2) is 24.8. The van der Waals surface area contributed by atoms with Crippen LogP contribution in [0.25, 0.3) is 0 Å². The van der Waals surface area contributed by atoms with Gasteiger partial charge in [-0.3, -0.25) is 13.8 Å². The highest BCUT2D eigenvalue weighted by Gasteiger charge is 2.56. The van der Waals surface area contributed by atoms with E-state index in [0.29, 0.717) is 0 Å². The summed E-state index contributed by atoms with van der Waals surface area (Å²) in [5.41, 5.74) is 4.36. The second-order valence-electron chi connectivity index (χ2n) is 16.4. The molecule has 0 spiro atoms. The van der Waals surface area contributed by atoms with Gasteiger partial charge in [-0.25, -0.2) is 0 Å². The Morgan fingerprint density at radius 2 is 0.941 bits per heavy atom. The number of aryl methyl sites for hydroxylation is 1. The van der Waals surface area contributed by atoms with Gasteiger partial charge in [-0.2, -0.15) is 8.42 Å². The molecule has 2 aliphatic rings. The molecule has 362 valence electrons. The van der Waals surface area contributed by atoms with Crippen molar-refractivity contribution in [3.05, 3.63) is 173 Å². The molecule has 0 saturated carbocycles. The van der Waals surface area contributed by atoms with E-state index in [0.717, 1.165) is 27.8 Å². The quantitative estimate of drug-likeness (QED) is 0.0512. The molecule has 0 aromatic heterocycles. The monoisotopic (exact) mass is 954 g/mol. The molecule has 16 heteroatoms. The summed E-state index contributed by atoms with van der Waals surface area (Å²) < 4.78 is 97.3. The van der Waals surface area contributed by atoms with Gasteiger partial charge >= 0.3 is 11.9 Å². The molecule has 2 fully saturated rings. The summed E-state index contributed by atoms with van der Waals surface area (Å²) in [5, 5.41) is 0. The molecule has 7 rings (SSSR count). The van der Waals surface area contributed by atoms with Crippen molar-refractivity contribution in [1.29, 1.82) is 0 Å². The Kier molecular flexibility index (Phi) is 18.4. The second-order valence-corrected chi connectivity index (χ2v) is 18.0. The van der Waals surface area contributed by atoms with E-state index in [1.165, 1.54) is 33.1 Å². The molecule has 2 aliphatic heterocycles. The summed E-state index contributed by atoms with van der Waals surface area (Å²) >= 11 is 0. The molecule has 0 unspecified atom stereocenters. The molecule has 0 radical (unpaired) electrons. The van der Waals surface area contributed by atoms with Gasteiger partial charge < -0.3 is 47.4 Å². The van der Waals surface area contributed by atoms with Crippen molar-refractivity contribution in [1.82, 2.24) is 0 Å². The van der Waals surface area contributed by atoms with Gasteiger partial charge in [0.05, 0.1) is 44.5 Å². The lowest BCUT2D eigenvalue weighted by Gasteiger charge is -2.49. The van der Waals surface area contributed by atoms with Crippen LogP contribution in [0.1, 0.15) is 41.7 Å². The normalized spacial score (nSPS) is 25.1. The highest BCUT2D eigenvalue weighted by atomic mass is 32.2. The fraction of sp³-hybridized carbons (Fsp3) is 0.385. The summed E-state index contributed by atoms with van der Waals surface area (Å²) in [6.07, 6.45) is -12.2. The molecular weight excluding hydrogens is 897 g/mol. The average molecular weight is 955 g/mol. The zero-order chi connectivity index (χ0) is 47.9. The van der Waals surface area contributed by atoms with Crippen molar-refractivity contribution >= 4 is 22.1 Å². The summed E-state index contributed by atoms with van der Waals surface area (Å²) in [6, 6.07) is 44.5. The molecule has 0 aliphatic carbocycles. The third-order valence-corrected chi connectivity index (χ3v) is 12.6. The SMILES string of the molecule is CO[C@@H]1O[C@H](COS(=O)(=O)c2ccc(C)cc2)[C@H](O[C@H]2O[C@H](COCc3ccccc3)[C@H](OCc3ccccc3)[C@H](OCc3ccccc3)[C@H]2OCc2ccccc2)[C@H](OC(C)=O)[C@H]1OC(C)=O. The first-order valence-electron chi connectivity index (χ1n) is 22.4. The summed E-state index contributed by atoms with van der Waals surface area (Å²) in [6.45, 7) is 4.13. The first kappa shape index (κ1) is 50.5. The molecule has 0 amide bonds. The molecule has 68 heavy (non-hydrogen) atoms. The topological polar surface area (TPSA) is 170 Å². The van der Waals surface area contributed by atoms with E-state index in [1.807, 2.05) is 128 Å². The zero-order valence-corrected chi connectivity index (χ0v) is 39.2. The number of carbonyl (C=O) groups excluding carboxylic acids is 2. The Balaban J connectivity index is 1.30. The van der Waals surface area contributed by atoms with Gasteiger partial charge in [0.15, 0.2) is 24.8 Å². The van der Waals surface area contributed by atoms with Crippen molar-refractivity contribution < 1.29 is 69.6 Å². The van der Waals surface area contributed by atoms with Gasteiger partial charge in [0, 0.05) is 21.0 Å². The Hall–Kier alpha value is -5.37. The maximum atomic E-state index is 13.7. The maximum absolute atomic E-state index is 13.7. The van der Waals surface area contributed by atoms with Crippen LogP contribution in [0.5, 0.6) is 0 Å². The number of carbonyl (C=O) groups is 2. The number of hydrogen-bond donors (Lipinski definition) is 0. The first-order chi connectivity index (χ1) is 33.0. The Bertz CT molecular complexity index is 2410. The van der Waals surface area contributed by atoms with Crippen LogP contribution in [0.2, 0.25) is 0 Å². The van der Waals surface area contributed by atoms with E-state index in [4.69, 9.17) is 51.6 Å². The van der Waals surface area contributed by atoms with Gasteiger partial charge in [0.25, 0.3) is 10.1 Å². The van der Waals surface area contributed by atoms with Crippen LogP contribution in [0, 0.1) is 6.92 Å². The standard InChI is InChI=1S/C52H58O15S/c1-35-25-27-42(28-26-35)68(55,56)62-34-44-46(48(63-36(2)53)50(64-37(3)54)51(57-4)65-44)67-52-49(61-32-41-23-15-8-16-24-41)47(60-31-40-21-13-7-14-22-40)45(59-30-39-19-11-6-12-20-39)43(66-52)33-58-29-38-17-9-5-10-18-38/h5-28,43-52H,29-34H2,1-4H3/t43-,44-,45+,46+,47+,48+,49-,50-,51-,52-/m1/s1. The number of methoxy groups -OCH3 is 1. The Morgan fingerprint density at radius 3 is 1.44 bits per heavy atom. The van der Waals surface area contributed by atoms with E-state index < -0.39 is 90.1 Å². The summed E-state index contributed by atoms with van der Waals surface area (Å²) in [7, 11) is -3.08. The minimum absolute atomic E-state index is 0.0114. The van der Waals surface area contributed by atoms with Crippen LogP contribution in [0.15, 0.2) is 150 Å². The molecular formula is C52H58O15S. The molecule has 15 nitrogen and oxygen atoms in total. The summed E-state index contributed by atoms with van der Waals surface area (Å²) in [5.74, 6) is -1.51. The van der Waals surface area contributed by atoms with Gasteiger partial charge in [0.1, 0.15) is 36.6 Å². The maximum Gasteiger partial charge on any atom is 0.303 e. The van der Waals surface area contributed by atoms with Crippen LogP contribution in [-0.2, 0) is 97.7 Å². The lowest BCUT2D eigenvalue weighted by atomic mass is 9.96. The smallest absolute Gasteiger partial charge is 0.303 e. The highest BCUT2D eigenvalue weighted by Crippen LogP contribution is 2.36. The average Bonchev–Trinajstić information content (AvgIpc) is 3.34. The van der Waals surface area contributed by atoms with Crippen molar-refractivity contribution in [3.63, 3.8) is 0 Å². The number of rotatable bonds is 22. The Morgan fingerprint density at radius 1 is 0.500 bits per heavy atom. The minimum Gasteiger partial charge on any atom is -0.455 e. The largest absolute Gasteiger partial charge is 0.455 e. The predicted molar refractivity (Wildman–Crippen MR) is 246 cm³/mol. The predicted octanol–water partition coefficient (Wildman–Crippen LogP) is 7.02. The van der Waals surface area contributed by atoms with E-state index in [2.05, 4.69) is 0 Å². The zero-order valence-electron chi connectivity index (χ0n) is 38.4. The third kappa shape index (κ3) is 14.1. The molecule has 5 aromatic carbocycles. The fourth-order valence-electron chi connectivity index (χ4n) is 7.95. The molecule has 0 bridgehead atoms. The molecule has 2 heterocycles. The number of esters is 2. The number of ether oxygens (including phenoxy) is 10. The van der Waals surface area contributed by atoms with Gasteiger partial charge in [0.2, 0.25) is 0 Å². The molecule has 2 saturated heterocycles. The van der Waals surface area contributed by atoms with E-state index in [1.54, 1.807) is 12.1 Å². The van der Waals surface area contributed by atoms with E-state index in [-0.39, 0.29) is 37.9 Å². The van der Waals surface area contributed by atoms with Crippen molar-refractivity contribution in [3.8, 4) is 0 Å². The van der Waals surface area contributed by atoms with E-state index in [9.17, 15) is 18.0 Å². The lowest BCUT2D eigenvalue weighted by Crippen LogP contribution is -2.66. The van der Waals surface area contributed by atoms with Gasteiger partial charge in [-0.05, 0) is 41.3 Å². The lowest BCUT2D eigenvalue weighted by molar-refractivity contribution is -0.369.